The molecule has 0 aliphatic rings. The summed E-state index contributed by atoms with van der Waals surface area (Å²) < 4.78 is 38.6. The number of nitrogens with zero attached hydrogens (tertiary/aromatic N) is 3. The average molecular weight is 660 g/mol. The van der Waals surface area contributed by atoms with Crippen LogP contribution < -0.4 is 39.4 Å². The molecule has 0 aliphatic carbocycles. The summed E-state index contributed by atoms with van der Waals surface area (Å²) in [6.07, 6.45) is 0.167. The number of para-hydroxylation sites is 6. The molecule has 1 aromatic heterocycles. The second kappa shape index (κ2) is 14.4. The van der Waals surface area contributed by atoms with Crippen molar-refractivity contribution in [3.8, 4) is 0 Å². The van der Waals surface area contributed by atoms with Crippen LogP contribution in [-0.4, -0.2) is 22.8 Å². The molecule has 0 saturated carbocycles. The zero-order chi connectivity index (χ0) is 32.4. The van der Waals surface area contributed by atoms with Gasteiger partial charge in [-0.25, -0.2) is 8.42 Å². The molecular weight excluding hydrogens is 626 g/mol. The first-order valence-corrected chi connectivity index (χ1v) is 17.2. The zero-order valence-corrected chi connectivity index (χ0v) is 29.8. The van der Waals surface area contributed by atoms with Gasteiger partial charge in [0.15, 0.2) is 0 Å². The second-order valence-corrected chi connectivity index (χ2v) is 13.4. The van der Waals surface area contributed by atoms with Crippen molar-refractivity contribution in [2.24, 2.45) is 0 Å². The summed E-state index contributed by atoms with van der Waals surface area (Å²) in [5.41, 5.74) is 7.79. The van der Waals surface area contributed by atoms with E-state index < -0.39 is 15.4 Å². The van der Waals surface area contributed by atoms with Gasteiger partial charge in [-0.05, 0) is 74.0 Å². The van der Waals surface area contributed by atoms with Crippen LogP contribution in [0.1, 0.15) is 13.3 Å². The van der Waals surface area contributed by atoms with Crippen molar-refractivity contribution < 1.29 is 42.5 Å². The smallest absolute Gasteiger partial charge is 0.748 e. The number of fused-ring (bicyclic) bond motifs is 3. The summed E-state index contributed by atoms with van der Waals surface area (Å²) in [7, 11) is -4.47. The minimum atomic E-state index is -4.47. The summed E-state index contributed by atoms with van der Waals surface area (Å²) in [5, 5.41) is 1.03. The Hall–Kier alpha value is -4.37. The maximum atomic E-state index is 12.1. The summed E-state index contributed by atoms with van der Waals surface area (Å²) >= 11 is 0. The van der Waals surface area contributed by atoms with E-state index in [1.165, 1.54) is 6.92 Å². The number of aryl methyl sites for hydroxylation is 1. The van der Waals surface area contributed by atoms with E-state index in [4.69, 9.17) is 0 Å². The van der Waals surface area contributed by atoms with E-state index in [1.54, 1.807) is 0 Å². The topological polar surface area (TPSA) is 68.6 Å². The molecule has 7 aromatic rings. The quantitative estimate of drug-likeness (QED) is 0.116. The molecule has 8 heteroatoms. The van der Waals surface area contributed by atoms with Gasteiger partial charge in [-0.1, -0.05) is 97.1 Å². The number of benzene rings is 6. The van der Waals surface area contributed by atoms with Crippen molar-refractivity contribution >= 4 is 66.0 Å². The molecule has 6 nitrogen and oxygen atoms in total. The van der Waals surface area contributed by atoms with Gasteiger partial charge in [-0.15, -0.1) is 0 Å². The predicted molar refractivity (Wildman–Crippen MR) is 193 cm³/mol. The van der Waals surface area contributed by atoms with E-state index in [9.17, 15) is 13.0 Å². The number of aromatic nitrogens is 1. The van der Waals surface area contributed by atoms with Crippen molar-refractivity contribution in [3.05, 3.63) is 158 Å². The van der Waals surface area contributed by atoms with Crippen molar-refractivity contribution in [1.29, 1.82) is 0 Å². The summed E-state index contributed by atoms with van der Waals surface area (Å²) in [5.74, 6) is 0. The first-order chi connectivity index (χ1) is 22.9. The minimum Gasteiger partial charge on any atom is -0.748 e. The monoisotopic (exact) mass is 659 g/mol. The van der Waals surface area contributed by atoms with E-state index in [0.29, 0.717) is 6.54 Å². The third-order valence-corrected chi connectivity index (χ3v) is 9.87. The Morgan fingerprint density at radius 3 is 1.19 bits per heavy atom. The van der Waals surface area contributed by atoms with Gasteiger partial charge >= 0.3 is 29.6 Å². The van der Waals surface area contributed by atoms with Crippen molar-refractivity contribution in [3.63, 3.8) is 0 Å². The van der Waals surface area contributed by atoms with Gasteiger partial charge in [0.2, 0.25) is 0 Å². The van der Waals surface area contributed by atoms with E-state index >= 15 is 0 Å². The standard InChI is InChI=1S/C40H35N3O3S.Na/c1-30(47(44,45)46)28-29-41-39-35(24-14-26-37(39)42(31-16-6-2-7-17-31)32-18-8-3-9-19-32)36-25-15-27-38(40(36)41)43(33-20-10-4-11-21-33)34-22-12-5-13-23-34;/h2-27,30H,28-29H2,1H3,(H,44,45,46);/q;+1/p-1. The molecule has 1 atom stereocenters. The maximum Gasteiger partial charge on any atom is 1.00 e. The van der Waals surface area contributed by atoms with Gasteiger partial charge < -0.3 is 18.9 Å². The minimum absolute atomic E-state index is 0. The van der Waals surface area contributed by atoms with E-state index in [2.05, 4.69) is 99.3 Å². The molecule has 0 aliphatic heterocycles. The van der Waals surface area contributed by atoms with E-state index in [0.717, 1.165) is 55.9 Å². The Bertz CT molecular complexity index is 2030. The number of anilines is 6. The van der Waals surface area contributed by atoms with Gasteiger partial charge in [0.25, 0.3) is 0 Å². The normalized spacial score (nSPS) is 12.0. The molecule has 0 N–H and O–H groups in total. The van der Waals surface area contributed by atoms with Crippen LogP contribution in [0.15, 0.2) is 158 Å². The fraction of sp³-hybridized carbons (Fsp3) is 0.100. The SMILES string of the molecule is CC(CCn1c2c(N(c3ccccc3)c3ccccc3)cccc2c2cccc(N(c3ccccc3)c3ccccc3)c21)S(=O)(=O)[O-].[Na+]. The largest absolute Gasteiger partial charge is 1.00 e. The number of rotatable bonds is 10. The van der Waals surface area contributed by atoms with Gasteiger partial charge in [-0.3, -0.25) is 0 Å². The molecular formula is C40H34N3NaO3S. The van der Waals surface area contributed by atoms with E-state index in [-0.39, 0.29) is 36.0 Å². The molecule has 48 heavy (non-hydrogen) atoms. The molecule has 0 bridgehead atoms. The fourth-order valence-electron chi connectivity index (χ4n) is 6.38. The molecule has 1 heterocycles. The Labute approximate surface area is 303 Å². The van der Waals surface area contributed by atoms with Crippen LogP contribution in [0.2, 0.25) is 0 Å². The first-order valence-electron chi connectivity index (χ1n) is 15.7. The van der Waals surface area contributed by atoms with Crippen molar-refractivity contribution in [1.82, 2.24) is 4.57 Å². The molecule has 0 amide bonds. The summed E-state index contributed by atoms with van der Waals surface area (Å²) in [6, 6.07) is 53.5. The van der Waals surface area contributed by atoms with Crippen LogP contribution in [0, 0.1) is 0 Å². The van der Waals surface area contributed by atoms with Crippen LogP contribution >= 0.6 is 0 Å². The maximum absolute atomic E-state index is 12.1. The van der Waals surface area contributed by atoms with Crippen LogP contribution in [-0.2, 0) is 16.7 Å². The van der Waals surface area contributed by atoms with E-state index in [1.807, 2.05) is 72.8 Å². The third-order valence-electron chi connectivity index (χ3n) is 8.65. The zero-order valence-electron chi connectivity index (χ0n) is 27.0. The molecule has 7 rings (SSSR count). The number of hydrogen-bond acceptors (Lipinski definition) is 5. The number of hydrogen-bond donors (Lipinski definition) is 0. The molecule has 0 spiro atoms. The summed E-state index contributed by atoms with van der Waals surface area (Å²) in [4.78, 5) is 4.47. The molecule has 0 saturated heterocycles. The summed E-state index contributed by atoms with van der Waals surface area (Å²) in [6.45, 7) is 1.82. The molecule has 1 unspecified atom stereocenters. The van der Waals surface area contributed by atoms with Crippen LogP contribution in [0.5, 0.6) is 0 Å². The second-order valence-electron chi connectivity index (χ2n) is 11.6. The Morgan fingerprint density at radius 2 is 0.875 bits per heavy atom. The van der Waals surface area contributed by atoms with Crippen molar-refractivity contribution in [2.75, 3.05) is 9.80 Å². The van der Waals surface area contributed by atoms with Crippen LogP contribution in [0.3, 0.4) is 0 Å². The predicted octanol–water partition coefficient (Wildman–Crippen LogP) is 7.06. The third kappa shape index (κ3) is 6.52. The Kier molecular flexibility index (Phi) is 10.1. The van der Waals surface area contributed by atoms with Crippen molar-refractivity contribution in [2.45, 2.75) is 25.1 Å². The van der Waals surface area contributed by atoms with Crippen LogP contribution in [0.4, 0.5) is 34.1 Å². The molecule has 234 valence electrons. The first kappa shape index (κ1) is 33.5. The fourth-order valence-corrected chi connectivity index (χ4v) is 6.77. The van der Waals surface area contributed by atoms with Gasteiger partial charge in [0.1, 0.15) is 0 Å². The van der Waals surface area contributed by atoms with Gasteiger partial charge in [-0.2, -0.15) is 0 Å². The van der Waals surface area contributed by atoms with Crippen LogP contribution in [0.25, 0.3) is 21.8 Å². The van der Waals surface area contributed by atoms with Gasteiger partial charge in [0, 0.05) is 45.3 Å². The average Bonchev–Trinajstić information content (AvgIpc) is 3.44. The Balaban J connectivity index is 0.00000401. The molecule has 0 radical (unpaired) electrons. The molecule has 0 fully saturated rings. The Morgan fingerprint density at radius 1 is 0.542 bits per heavy atom. The van der Waals surface area contributed by atoms with Gasteiger partial charge in [0.05, 0.1) is 32.5 Å². The molecule has 6 aromatic carbocycles.